The molecule has 0 radical (unpaired) electrons. The summed E-state index contributed by atoms with van der Waals surface area (Å²) in [7, 11) is 0. The van der Waals surface area contributed by atoms with Gasteiger partial charge in [-0.25, -0.2) is 35.1 Å². The zero-order valence-corrected chi connectivity index (χ0v) is 11.9. The largest absolute Gasteiger partial charge is 0.204 e. The van der Waals surface area contributed by atoms with Gasteiger partial charge in [0.15, 0.2) is 46.5 Å². The van der Waals surface area contributed by atoms with Crippen molar-refractivity contribution in [3.8, 4) is 0 Å². The Morgan fingerprint density at radius 3 is 1.36 bits per heavy atom. The Morgan fingerprint density at radius 1 is 0.500 bits per heavy atom. The number of hydrogen-bond acceptors (Lipinski definition) is 2. The summed E-state index contributed by atoms with van der Waals surface area (Å²) >= 11 is 6.58. The molecule has 0 aliphatic carbocycles. The molecule has 0 nitrogen and oxygen atoms in total. The zero-order valence-electron chi connectivity index (χ0n) is 10.1. The molecule has 0 aliphatic heterocycles. The van der Waals surface area contributed by atoms with E-state index in [0.717, 1.165) is 0 Å². The fraction of sp³-hybridized carbons (Fsp3) is 0. The molecular formula is C12H4F8S2. The van der Waals surface area contributed by atoms with E-state index in [9.17, 15) is 35.1 Å². The van der Waals surface area contributed by atoms with Gasteiger partial charge in [0, 0.05) is 11.0 Å². The van der Waals surface area contributed by atoms with Crippen molar-refractivity contribution in [1.82, 2.24) is 0 Å². The molecule has 0 unspecified atom stereocenters. The Hall–Kier alpha value is -1.42. The average molecular weight is 364 g/mol. The first-order valence-corrected chi connectivity index (χ1v) is 6.01. The van der Waals surface area contributed by atoms with Crippen LogP contribution in [0.25, 0.3) is 0 Å². The number of benzene rings is 2. The van der Waals surface area contributed by atoms with E-state index in [0.29, 0.717) is 6.07 Å². The van der Waals surface area contributed by atoms with Gasteiger partial charge in [-0.2, -0.15) is 0 Å². The highest BCUT2D eigenvalue weighted by molar-refractivity contribution is 7.80. The number of hydrogen-bond donors (Lipinski definition) is 2. The molecule has 0 saturated carbocycles. The molecule has 0 bridgehead atoms. The van der Waals surface area contributed by atoms with E-state index in [1.54, 1.807) is 0 Å². The standard InChI is InChI=1S/2C6H2F4S/c7-2-1-3(11)5(9)6(10)4(2)8;7-2-1-3(8)5(10)6(11)4(2)9/h2*1,11H. The summed E-state index contributed by atoms with van der Waals surface area (Å²) in [6.45, 7) is 0. The Labute approximate surface area is 129 Å². The van der Waals surface area contributed by atoms with Crippen molar-refractivity contribution in [2.75, 3.05) is 0 Å². The molecule has 10 heteroatoms. The van der Waals surface area contributed by atoms with Crippen LogP contribution in [-0.4, -0.2) is 0 Å². The van der Waals surface area contributed by atoms with Gasteiger partial charge in [0.25, 0.3) is 0 Å². The average Bonchev–Trinajstić information content (AvgIpc) is 2.47. The van der Waals surface area contributed by atoms with Gasteiger partial charge in [-0.05, 0) is 6.07 Å². The molecule has 0 atom stereocenters. The van der Waals surface area contributed by atoms with E-state index in [2.05, 4.69) is 25.3 Å². The van der Waals surface area contributed by atoms with Gasteiger partial charge in [0.1, 0.15) is 0 Å². The van der Waals surface area contributed by atoms with E-state index in [1.165, 1.54) is 0 Å². The summed E-state index contributed by atoms with van der Waals surface area (Å²) in [6, 6.07) is 0.598. The van der Waals surface area contributed by atoms with Gasteiger partial charge in [0.05, 0.1) is 4.90 Å². The van der Waals surface area contributed by atoms with Gasteiger partial charge >= 0.3 is 0 Å². The van der Waals surface area contributed by atoms with Crippen LogP contribution >= 0.6 is 25.3 Å². The molecule has 0 aliphatic rings. The van der Waals surface area contributed by atoms with Crippen molar-refractivity contribution in [3.63, 3.8) is 0 Å². The van der Waals surface area contributed by atoms with Crippen LogP contribution < -0.4 is 0 Å². The van der Waals surface area contributed by atoms with E-state index < -0.39 is 56.3 Å². The lowest BCUT2D eigenvalue weighted by molar-refractivity contribution is 0.399. The van der Waals surface area contributed by atoms with Crippen molar-refractivity contribution < 1.29 is 35.1 Å². The lowest BCUT2D eigenvalue weighted by Gasteiger charge is -1.98. The molecule has 0 N–H and O–H groups in total. The smallest absolute Gasteiger partial charge is 0.198 e. The molecule has 2 aromatic carbocycles. The van der Waals surface area contributed by atoms with Gasteiger partial charge in [-0.3, -0.25) is 0 Å². The molecule has 2 aromatic rings. The first kappa shape index (κ1) is 18.6. The van der Waals surface area contributed by atoms with Crippen LogP contribution in [0.1, 0.15) is 0 Å². The first-order chi connectivity index (χ1) is 10.1. The van der Waals surface area contributed by atoms with Gasteiger partial charge in [-0.15, -0.1) is 25.3 Å². The SMILES string of the molecule is Fc1cc(F)c(F)c(S)c1F.Fc1cc(S)c(F)c(F)c1F. The minimum atomic E-state index is -1.84. The predicted octanol–water partition coefficient (Wildman–Crippen LogP) is 5.06. The lowest BCUT2D eigenvalue weighted by atomic mass is 10.3. The maximum atomic E-state index is 12.3. The molecule has 0 aromatic heterocycles. The summed E-state index contributed by atoms with van der Waals surface area (Å²) in [4.78, 5) is -1.50. The summed E-state index contributed by atoms with van der Waals surface area (Å²) < 4.78 is 97.9. The first-order valence-electron chi connectivity index (χ1n) is 5.11. The third-order valence-electron chi connectivity index (χ3n) is 2.17. The minimum absolute atomic E-state index is 0.129. The summed E-state index contributed by atoms with van der Waals surface area (Å²) in [5, 5.41) is 0. The number of halogens is 8. The van der Waals surface area contributed by atoms with Crippen molar-refractivity contribution in [3.05, 3.63) is 58.7 Å². The van der Waals surface area contributed by atoms with E-state index >= 15 is 0 Å². The van der Waals surface area contributed by atoms with Crippen LogP contribution in [0.2, 0.25) is 0 Å². The maximum Gasteiger partial charge on any atom is 0.198 e. The molecule has 2 rings (SSSR count). The van der Waals surface area contributed by atoms with Crippen LogP contribution in [0.15, 0.2) is 21.9 Å². The molecule has 0 heterocycles. The monoisotopic (exact) mass is 364 g/mol. The second-order valence-electron chi connectivity index (χ2n) is 3.64. The fourth-order valence-corrected chi connectivity index (χ4v) is 1.55. The Bertz CT molecular complexity index is 603. The quantitative estimate of drug-likeness (QED) is 0.278. The van der Waals surface area contributed by atoms with Gasteiger partial charge in [0.2, 0.25) is 0 Å². The highest BCUT2D eigenvalue weighted by Gasteiger charge is 2.16. The summed E-state index contributed by atoms with van der Waals surface area (Å²) in [6.07, 6.45) is 0. The predicted molar refractivity (Wildman–Crippen MR) is 67.1 cm³/mol. The van der Waals surface area contributed by atoms with E-state index in [1.807, 2.05) is 0 Å². The number of thiol groups is 2. The molecule has 0 spiro atoms. The third kappa shape index (κ3) is 3.86. The van der Waals surface area contributed by atoms with E-state index in [-0.39, 0.29) is 6.07 Å². The maximum absolute atomic E-state index is 12.3. The topological polar surface area (TPSA) is 0 Å². The van der Waals surface area contributed by atoms with Crippen molar-refractivity contribution in [1.29, 1.82) is 0 Å². The molecule has 0 amide bonds. The molecule has 0 fully saturated rings. The fourth-order valence-electron chi connectivity index (χ4n) is 1.12. The van der Waals surface area contributed by atoms with E-state index in [4.69, 9.17) is 0 Å². The van der Waals surface area contributed by atoms with Crippen molar-refractivity contribution >= 4 is 25.3 Å². The van der Waals surface area contributed by atoms with Crippen LogP contribution in [0.4, 0.5) is 35.1 Å². The molecular weight excluding hydrogens is 360 g/mol. The molecule has 120 valence electrons. The van der Waals surface area contributed by atoms with Crippen LogP contribution in [0, 0.1) is 46.5 Å². The van der Waals surface area contributed by atoms with Crippen molar-refractivity contribution in [2.24, 2.45) is 0 Å². The summed E-state index contributed by atoms with van der Waals surface area (Å²) in [5.41, 5.74) is 0. The Morgan fingerprint density at radius 2 is 0.909 bits per heavy atom. The third-order valence-corrected chi connectivity index (χ3v) is 2.89. The van der Waals surface area contributed by atoms with Crippen LogP contribution in [-0.2, 0) is 0 Å². The second kappa shape index (κ2) is 7.23. The lowest BCUT2D eigenvalue weighted by Crippen LogP contribution is -1.95. The zero-order chi connectivity index (χ0) is 17.2. The minimum Gasteiger partial charge on any atom is -0.204 e. The highest BCUT2D eigenvalue weighted by atomic mass is 32.1. The highest BCUT2D eigenvalue weighted by Crippen LogP contribution is 2.22. The van der Waals surface area contributed by atoms with Gasteiger partial charge < -0.3 is 0 Å². The van der Waals surface area contributed by atoms with Crippen molar-refractivity contribution in [2.45, 2.75) is 9.79 Å². The Kier molecular flexibility index (Phi) is 6.12. The summed E-state index contributed by atoms with van der Waals surface area (Å²) in [5.74, 6) is -12.4. The number of rotatable bonds is 0. The van der Waals surface area contributed by atoms with Crippen LogP contribution in [0.5, 0.6) is 0 Å². The van der Waals surface area contributed by atoms with Gasteiger partial charge in [-0.1, -0.05) is 0 Å². The normalized spacial score (nSPS) is 10.3. The van der Waals surface area contributed by atoms with Crippen LogP contribution in [0.3, 0.4) is 0 Å². The molecule has 0 saturated heterocycles. The second-order valence-corrected chi connectivity index (χ2v) is 4.57. The molecule has 22 heavy (non-hydrogen) atoms. The Balaban J connectivity index is 0.000000220.